The fraction of sp³-hybridized carbons (Fsp3) is 0.500. The molecular weight excluding hydrogens is 278 g/mol. The van der Waals surface area contributed by atoms with Crippen LogP contribution in [0.4, 0.5) is 0 Å². The molecule has 2 atom stereocenters. The first-order valence-corrected chi connectivity index (χ1v) is 8.27. The minimum absolute atomic E-state index is 0.0910. The summed E-state index contributed by atoms with van der Waals surface area (Å²) >= 11 is 0. The Morgan fingerprint density at radius 1 is 1.15 bits per heavy atom. The molecular formula is C14H17NO4S. The fourth-order valence-corrected chi connectivity index (χ4v) is 4.73. The van der Waals surface area contributed by atoms with Crippen molar-refractivity contribution in [2.75, 3.05) is 13.1 Å². The van der Waals surface area contributed by atoms with Crippen molar-refractivity contribution < 1.29 is 18.3 Å². The number of hydrogen-bond donors (Lipinski definition) is 1. The molecule has 2 aliphatic rings. The van der Waals surface area contributed by atoms with Crippen molar-refractivity contribution >= 4 is 16.0 Å². The standard InChI is InChI=1S/C14H17NO4S/c16-14(17)13-9-15(20(18,19)11-6-7-11)8-12(13)10-4-2-1-3-5-10/h1-5,11-13H,6-9H2,(H,16,17)/t12-,13+/m0/s1. The minimum Gasteiger partial charge on any atom is -0.481 e. The van der Waals surface area contributed by atoms with E-state index in [1.54, 1.807) is 0 Å². The maximum absolute atomic E-state index is 12.3. The number of sulfonamides is 1. The van der Waals surface area contributed by atoms with E-state index in [-0.39, 0.29) is 24.3 Å². The lowest BCUT2D eigenvalue weighted by atomic mass is 9.89. The van der Waals surface area contributed by atoms with Crippen LogP contribution in [-0.4, -0.2) is 42.1 Å². The van der Waals surface area contributed by atoms with Crippen LogP contribution in [0.2, 0.25) is 0 Å². The molecule has 1 aromatic rings. The van der Waals surface area contributed by atoms with Crippen molar-refractivity contribution in [2.45, 2.75) is 24.0 Å². The van der Waals surface area contributed by atoms with E-state index in [4.69, 9.17) is 0 Å². The van der Waals surface area contributed by atoms with E-state index < -0.39 is 21.9 Å². The van der Waals surface area contributed by atoms with Gasteiger partial charge < -0.3 is 5.11 Å². The highest BCUT2D eigenvalue weighted by molar-refractivity contribution is 7.90. The zero-order chi connectivity index (χ0) is 14.3. The molecule has 0 radical (unpaired) electrons. The molecule has 20 heavy (non-hydrogen) atoms. The number of hydrogen-bond acceptors (Lipinski definition) is 3. The Bertz CT molecular complexity index is 609. The van der Waals surface area contributed by atoms with Crippen LogP contribution in [0.1, 0.15) is 24.3 Å². The summed E-state index contributed by atoms with van der Waals surface area (Å²) in [4.78, 5) is 11.4. The molecule has 6 heteroatoms. The van der Waals surface area contributed by atoms with Crippen molar-refractivity contribution in [3.63, 3.8) is 0 Å². The molecule has 1 saturated heterocycles. The summed E-state index contributed by atoms with van der Waals surface area (Å²) in [5.74, 6) is -1.85. The largest absolute Gasteiger partial charge is 0.481 e. The van der Waals surface area contributed by atoms with E-state index in [0.29, 0.717) is 12.8 Å². The van der Waals surface area contributed by atoms with Crippen molar-refractivity contribution in [2.24, 2.45) is 5.92 Å². The summed E-state index contributed by atoms with van der Waals surface area (Å²) in [5.41, 5.74) is 0.897. The summed E-state index contributed by atoms with van der Waals surface area (Å²) in [6.07, 6.45) is 1.40. The van der Waals surface area contributed by atoms with Gasteiger partial charge in [0, 0.05) is 19.0 Å². The van der Waals surface area contributed by atoms with Crippen LogP contribution in [-0.2, 0) is 14.8 Å². The highest BCUT2D eigenvalue weighted by Gasteiger charge is 2.48. The molecule has 3 rings (SSSR count). The first-order valence-electron chi connectivity index (χ1n) is 6.77. The van der Waals surface area contributed by atoms with Gasteiger partial charge in [-0.05, 0) is 18.4 Å². The number of aliphatic carboxylic acids is 1. The maximum atomic E-state index is 12.3. The van der Waals surface area contributed by atoms with Crippen molar-refractivity contribution in [3.05, 3.63) is 35.9 Å². The second-order valence-corrected chi connectivity index (χ2v) is 7.74. The Kier molecular flexibility index (Phi) is 3.30. The number of carbonyl (C=O) groups is 1. The molecule has 0 amide bonds. The summed E-state index contributed by atoms with van der Waals surface area (Å²) in [6, 6.07) is 9.31. The number of carboxylic acids is 1. The Balaban J connectivity index is 1.88. The molecule has 5 nitrogen and oxygen atoms in total. The van der Waals surface area contributed by atoms with Gasteiger partial charge >= 0.3 is 5.97 Å². The summed E-state index contributed by atoms with van der Waals surface area (Å²) in [7, 11) is -3.30. The predicted molar refractivity (Wildman–Crippen MR) is 73.8 cm³/mol. The lowest BCUT2D eigenvalue weighted by Crippen LogP contribution is -2.32. The monoisotopic (exact) mass is 295 g/mol. The molecule has 1 aromatic carbocycles. The van der Waals surface area contributed by atoms with E-state index in [0.717, 1.165) is 5.56 Å². The predicted octanol–water partition coefficient (Wildman–Crippen LogP) is 1.28. The third-order valence-corrected chi connectivity index (χ3v) is 6.47. The number of rotatable bonds is 4. The molecule has 0 aromatic heterocycles. The van der Waals surface area contributed by atoms with Gasteiger partial charge in [0.05, 0.1) is 11.2 Å². The highest BCUT2D eigenvalue weighted by Crippen LogP contribution is 2.39. The second-order valence-electron chi connectivity index (χ2n) is 5.52. The average Bonchev–Trinajstić information content (AvgIpc) is 3.18. The van der Waals surface area contributed by atoms with Gasteiger partial charge in [0.25, 0.3) is 0 Å². The number of carboxylic acid groups (broad SMARTS) is 1. The highest BCUT2D eigenvalue weighted by atomic mass is 32.2. The second kappa shape index (κ2) is 4.86. The Morgan fingerprint density at radius 3 is 2.35 bits per heavy atom. The maximum Gasteiger partial charge on any atom is 0.308 e. The molecule has 1 saturated carbocycles. The van der Waals surface area contributed by atoms with Gasteiger partial charge in [0.15, 0.2) is 0 Å². The van der Waals surface area contributed by atoms with Gasteiger partial charge in [0.2, 0.25) is 10.0 Å². The normalized spacial score (nSPS) is 27.6. The van der Waals surface area contributed by atoms with Gasteiger partial charge in [-0.25, -0.2) is 12.7 Å². The molecule has 1 aliphatic carbocycles. The van der Waals surface area contributed by atoms with E-state index in [9.17, 15) is 18.3 Å². The first-order chi connectivity index (χ1) is 9.50. The quantitative estimate of drug-likeness (QED) is 0.908. The lowest BCUT2D eigenvalue weighted by molar-refractivity contribution is -0.141. The smallest absolute Gasteiger partial charge is 0.308 e. The van der Waals surface area contributed by atoms with Crippen LogP contribution in [0, 0.1) is 5.92 Å². The zero-order valence-electron chi connectivity index (χ0n) is 11.0. The topological polar surface area (TPSA) is 74.7 Å². The average molecular weight is 295 g/mol. The van der Waals surface area contributed by atoms with Crippen LogP contribution in [0.15, 0.2) is 30.3 Å². The van der Waals surface area contributed by atoms with E-state index in [1.165, 1.54) is 4.31 Å². The molecule has 1 heterocycles. The van der Waals surface area contributed by atoms with Crippen molar-refractivity contribution in [3.8, 4) is 0 Å². The third-order valence-electron chi connectivity index (χ3n) is 4.14. The van der Waals surface area contributed by atoms with Gasteiger partial charge in [-0.15, -0.1) is 0 Å². The van der Waals surface area contributed by atoms with Crippen LogP contribution < -0.4 is 0 Å². The van der Waals surface area contributed by atoms with Gasteiger partial charge in [-0.2, -0.15) is 0 Å². The Hall–Kier alpha value is -1.40. The summed E-state index contributed by atoms with van der Waals surface area (Å²) in [5, 5.41) is 9.08. The van der Waals surface area contributed by atoms with E-state index in [1.807, 2.05) is 30.3 Å². The first kappa shape index (κ1) is 13.6. The van der Waals surface area contributed by atoms with Gasteiger partial charge in [-0.3, -0.25) is 4.79 Å². The number of nitrogens with zero attached hydrogens (tertiary/aromatic N) is 1. The molecule has 0 bridgehead atoms. The number of benzene rings is 1. The SMILES string of the molecule is O=C(O)[C@@H]1CN(S(=O)(=O)C2CC2)C[C@H]1c1ccccc1. The van der Waals surface area contributed by atoms with E-state index >= 15 is 0 Å². The summed E-state index contributed by atoms with van der Waals surface area (Å²) < 4.78 is 25.9. The van der Waals surface area contributed by atoms with E-state index in [2.05, 4.69) is 0 Å². The molecule has 0 unspecified atom stereocenters. The van der Waals surface area contributed by atoms with Crippen LogP contribution in [0.3, 0.4) is 0 Å². The Labute approximate surface area is 118 Å². The molecule has 0 spiro atoms. The zero-order valence-corrected chi connectivity index (χ0v) is 11.8. The van der Waals surface area contributed by atoms with Gasteiger partial charge in [-0.1, -0.05) is 30.3 Å². The fourth-order valence-electron chi connectivity index (χ4n) is 2.84. The molecule has 2 fully saturated rings. The lowest BCUT2D eigenvalue weighted by Gasteiger charge is -2.16. The third kappa shape index (κ3) is 2.33. The Morgan fingerprint density at radius 2 is 1.80 bits per heavy atom. The van der Waals surface area contributed by atoms with Crippen LogP contribution >= 0.6 is 0 Å². The molecule has 1 aliphatic heterocycles. The molecule has 1 N–H and O–H groups in total. The van der Waals surface area contributed by atoms with Crippen LogP contribution in [0.5, 0.6) is 0 Å². The molecule has 108 valence electrons. The summed E-state index contributed by atoms with van der Waals surface area (Å²) in [6.45, 7) is 0.369. The van der Waals surface area contributed by atoms with Crippen molar-refractivity contribution in [1.29, 1.82) is 0 Å². The van der Waals surface area contributed by atoms with Gasteiger partial charge in [0.1, 0.15) is 0 Å². The minimum atomic E-state index is -3.30. The van der Waals surface area contributed by atoms with Crippen molar-refractivity contribution in [1.82, 2.24) is 4.31 Å². The van der Waals surface area contributed by atoms with Crippen LogP contribution in [0.25, 0.3) is 0 Å².